The Morgan fingerprint density at radius 2 is 2.14 bits per heavy atom. The predicted octanol–water partition coefficient (Wildman–Crippen LogP) is 2.71. The second-order valence-electron chi connectivity index (χ2n) is 4.88. The molecule has 1 amide bonds. The molecule has 5 heteroatoms. The number of hydrogen-bond donors (Lipinski definition) is 1. The third-order valence-corrected chi connectivity index (χ3v) is 4.12. The Bertz CT molecular complexity index is 643. The van der Waals surface area contributed by atoms with Gasteiger partial charge in [-0.3, -0.25) is 4.79 Å². The van der Waals surface area contributed by atoms with Crippen LogP contribution in [-0.4, -0.2) is 36.9 Å². The highest BCUT2D eigenvalue weighted by atomic mass is 32.2. The number of rotatable bonds is 6. The topological polar surface area (TPSA) is 51.2 Å². The molecule has 0 radical (unpaired) electrons. The first-order valence-corrected chi connectivity index (χ1v) is 7.86. The molecule has 21 heavy (non-hydrogen) atoms. The van der Waals surface area contributed by atoms with Crippen molar-refractivity contribution in [2.45, 2.75) is 18.9 Å². The van der Waals surface area contributed by atoms with Gasteiger partial charge in [0.2, 0.25) is 5.91 Å². The molecule has 0 bridgehead atoms. The van der Waals surface area contributed by atoms with Crippen molar-refractivity contribution in [2.24, 2.45) is 0 Å². The van der Waals surface area contributed by atoms with E-state index in [4.69, 9.17) is 4.74 Å². The molecule has 0 aliphatic carbocycles. The lowest BCUT2D eigenvalue weighted by Gasteiger charge is -2.08. The van der Waals surface area contributed by atoms with Crippen LogP contribution in [0.1, 0.15) is 11.1 Å². The minimum absolute atomic E-state index is 0.00128. The van der Waals surface area contributed by atoms with Crippen molar-refractivity contribution in [1.82, 2.24) is 10.3 Å². The fourth-order valence-corrected chi connectivity index (χ4v) is 2.88. The maximum Gasteiger partial charge on any atom is 0.230 e. The summed E-state index contributed by atoms with van der Waals surface area (Å²) in [5.41, 5.74) is 3.35. The van der Waals surface area contributed by atoms with Crippen molar-refractivity contribution < 1.29 is 9.53 Å². The van der Waals surface area contributed by atoms with E-state index in [9.17, 15) is 4.79 Å². The third-order valence-electron chi connectivity index (χ3n) is 3.20. The number of ether oxygens (including phenoxy) is 1. The van der Waals surface area contributed by atoms with Crippen molar-refractivity contribution in [2.75, 3.05) is 26.0 Å². The van der Waals surface area contributed by atoms with Crippen molar-refractivity contribution in [3.05, 3.63) is 35.4 Å². The summed E-state index contributed by atoms with van der Waals surface area (Å²) in [5, 5.41) is 4.86. The van der Waals surface area contributed by atoms with E-state index >= 15 is 0 Å². The minimum atomic E-state index is 0.00128. The first-order valence-electron chi connectivity index (χ1n) is 6.87. The molecular weight excluding hydrogens is 284 g/mol. The number of aryl methyl sites for hydroxylation is 2. The van der Waals surface area contributed by atoms with Gasteiger partial charge in [-0.25, -0.2) is 4.98 Å². The van der Waals surface area contributed by atoms with Gasteiger partial charge in [-0.2, -0.15) is 0 Å². The van der Waals surface area contributed by atoms with Gasteiger partial charge < -0.3 is 10.1 Å². The van der Waals surface area contributed by atoms with Gasteiger partial charge >= 0.3 is 0 Å². The molecule has 1 aromatic carbocycles. The quantitative estimate of drug-likeness (QED) is 0.658. The summed E-state index contributed by atoms with van der Waals surface area (Å²) in [4.78, 5) is 16.4. The van der Waals surface area contributed by atoms with Crippen LogP contribution in [0.25, 0.3) is 10.9 Å². The summed E-state index contributed by atoms with van der Waals surface area (Å²) in [6, 6.07) is 8.22. The predicted molar refractivity (Wildman–Crippen MR) is 86.8 cm³/mol. The lowest BCUT2D eigenvalue weighted by atomic mass is 10.1. The second-order valence-corrected chi connectivity index (χ2v) is 5.88. The molecule has 1 aromatic heterocycles. The smallest absolute Gasteiger partial charge is 0.230 e. The number of amides is 1. The van der Waals surface area contributed by atoms with Crippen LogP contribution < -0.4 is 5.32 Å². The summed E-state index contributed by atoms with van der Waals surface area (Å²) < 4.78 is 4.90. The maximum absolute atomic E-state index is 11.7. The van der Waals surface area contributed by atoms with Crippen LogP contribution in [0.4, 0.5) is 0 Å². The van der Waals surface area contributed by atoms with Crippen LogP contribution in [0.15, 0.2) is 29.3 Å². The number of carbonyl (C=O) groups is 1. The zero-order valence-electron chi connectivity index (χ0n) is 12.6. The highest BCUT2D eigenvalue weighted by Gasteiger charge is 2.07. The first kappa shape index (κ1) is 15.8. The number of benzene rings is 1. The number of nitrogens with zero attached hydrogens (tertiary/aromatic N) is 1. The van der Waals surface area contributed by atoms with Crippen molar-refractivity contribution >= 4 is 28.6 Å². The average molecular weight is 304 g/mol. The van der Waals surface area contributed by atoms with Gasteiger partial charge in [0.1, 0.15) is 0 Å². The number of hydrogen-bond acceptors (Lipinski definition) is 4. The molecule has 1 heterocycles. The monoisotopic (exact) mass is 304 g/mol. The van der Waals surface area contributed by atoms with E-state index < -0.39 is 0 Å². The van der Waals surface area contributed by atoms with Gasteiger partial charge in [-0.05, 0) is 31.0 Å². The summed E-state index contributed by atoms with van der Waals surface area (Å²) in [5.74, 6) is 0.370. The number of carbonyl (C=O) groups excluding carboxylic acids is 1. The molecule has 0 aliphatic heterocycles. The van der Waals surface area contributed by atoms with E-state index in [0.29, 0.717) is 18.9 Å². The Labute approximate surface area is 129 Å². The summed E-state index contributed by atoms with van der Waals surface area (Å²) in [6.45, 7) is 5.20. The van der Waals surface area contributed by atoms with Gasteiger partial charge in [0, 0.05) is 19.0 Å². The number of methoxy groups -OCH3 is 1. The van der Waals surface area contributed by atoms with Gasteiger partial charge in [-0.1, -0.05) is 30.0 Å². The number of pyridine rings is 1. The van der Waals surface area contributed by atoms with Crippen LogP contribution in [0.3, 0.4) is 0 Å². The normalized spacial score (nSPS) is 10.8. The molecule has 0 saturated heterocycles. The largest absolute Gasteiger partial charge is 0.383 e. The molecule has 0 aliphatic rings. The van der Waals surface area contributed by atoms with E-state index in [1.54, 1.807) is 7.11 Å². The van der Waals surface area contributed by atoms with Crippen molar-refractivity contribution in [3.8, 4) is 0 Å². The van der Waals surface area contributed by atoms with Crippen molar-refractivity contribution in [1.29, 1.82) is 0 Å². The minimum Gasteiger partial charge on any atom is -0.383 e. The lowest BCUT2D eigenvalue weighted by molar-refractivity contribution is -0.118. The van der Waals surface area contributed by atoms with Crippen LogP contribution >= 0.6 is 11.8 Å². The number of para-hydroxylation sites is 1. The molecule has 112 valence electrons. The van der Waals surface area contributed by atoms with E-state index in [0.717, 1.165) is 16.1 Å². The SMILES string of the molecule is COCCNC(=O)CSc1cc(C)c2cccc(C)c2n1. The van der Waals surface area contributed by atoms with E-state index in [1.807, 2.05) is 12.1 Å². The van der Waals surface area contributed by atoms with Gasteiger partial charge in [-0.15, -0.1) is 0 Å². The summed E-state index contributed by atoms with van der Waals surface area (Å²) in [7, 11) is 1.62. The van der Waals surface area contributed by atoms with Crippen molar-refractivity contribution in [3.63, 3.8) is 0 Å². The molecule has 2 rings (SSSR count). The highest BCUT2D eigenvalue weighted by molar-refractivity contribution is 7.99. The summed E-state index contributed by atoms with van der Waals surface area (Å²) >= 11 is 1.46. The standard InChI is InChI=1S/C16H20N2O2S/c1-11-5-4-6-13-12(2)9-15(18-16(11)13)21-10-14(19)17-7-8-20-3/h4-6,9H,7-8,10H2,1-3H3,(H,17,19). The Morgan fingerprint density at radius 1 is 1.33 bits per heavy atom. The van der Waals surface area contributed by atoms with Gasteiger partial charge in [0.15, 0.2) is 0 Å². The van der Waals surface area contributed by atoms with Crippen LogP contribution in [-0.2, 0) is 9.53 Å². The average Bonchev–Trinajstić information content (AvgIpc) is 2.46. The van der Waals surface area contributed by atoms with E-state index in [1.165, 1.54) is 22.7 Å². The van der Waals surface area contributed by atoms with E-state index in [2.05, 4.69) is 36.3 Å². The molecule has 1 N–H and O–H groups in total. The van der Waals surface area contributed by atoms with Gasteiger partial charge in [0.05, 0.1) is 22.9 Å². The van der Waals surface area contributed by atoms with Crippen LogP contribution in [0.5, 0.6) is 0 Å². The highest BCUT2D eigenvalue weighted by Crippen LogP contribution is 2.25. The third kappa shape index (κ3) is 4.19. The molecular formula is C16H20N2O2S. The molecule has 0 atom stereocenters. The fraction of sp³-hybridized carbons (Fsp3) is 0.375. The molecule has 0 saturated carbocycles. The Morgan fingerprint density at radius 3 is 2.90 bits per heavy atom. The number of aromatic nitrogens is 1. The summed E-state index contributed by atoms with van der Waals surface area (Å²) in [6.07, 6.45) is 0. The van der Waals surface area contributed by atoms with E-state index in [-0.39, 0.29) is 5.91 Å². The number of nitrogens with one attached hydrogen (secondary N) is 1. The molecule has 0 spiro atoms. The zero-order chi connectivity index (χ0) is 15.2. The Hall–Kier alpha value is -1.59. The number of thioether (sulfide) groups is 1. The number of fused-ring (bicyclic) bond motifs is 1. The molecule has 0 unspecified atom stereocenters. The second kappa shape index (κ2) is 7.43. The maximum atomic E-state index is 11.7. The molecule has 2 aromatic rings. The van der Waals surface area contributed by atoms with Crippen LogP contribution in [0.2, 0.25) is 0 Å². The van der Waals surface area contributed by atoms with Crippen LogP contribution in [0, 0.1) is 13.8 Å². The Kier molecular flexibility index (Phi) is 5.59. The lowest BCUT2D eigenvalue weighted by Crippen LogP contribution is -2.28. The zero-order valence-corrected chi connectivity index (χ0v) is 13.4. The molecule has 0 fully saturated rings. The first-order chi connectivity index (χ1) is 10.1. The fourth-order valence-electron chi connectivity index (χ4n) is 2.09. The van der Waals surface area contributed by atoms with Gasteiger partial charge in [0.25, 0.3) is 0 Å². The molecule has 4 nitrogen and oxygen atoms in total. The Balaban J connectivity index is 2.06.